The predicted molar refractivity (Wildman–Crippen MR) is 67.3 cm³/mol. The monoisotopic (exact) mass is 215 g/mol. The number of rotatable bonds is 10. The summed E-state index contributed by atoms with van der Waals surface area (Å²) in [6.07, 6.45) is 4.82. The molecule has 0 aliphatic rings. The topological polar surface area (TPSA) is 21.3 Å². The van der Waals surface area contributed by atoms with E-state index in [4.69, 9.17) is 4.74 Å². The first-order chi connectivity index (χ1) is 7.20. The molecular formula is C13H29NO. The summed E-state index contributed by atoms with van der Waals surface area (Å²) < 4.78 is 5.59. The molecule has 0 aliphatic heterocycles. The van der Waals surface area contributed by atoms with Crippen molar-refractivity contribution in [1.82, 2.24) is 5.32 Å². The molecule has 0 aromatic heterocycles. The van der Waals surface area contributed by atoms with Gasteiger partial charge in [-0.3, -0.25) is 0 Å². The van der Waals surface area contributed by atoms with Crippen LogP contribution in [0.25, 0.3) is 0 Å². The van der Waals surface area contributed by atoms with Crippen molar-refractivity contribution in [2.75, 3.05) is 19.8 Å². The van der Waals surface area contributed by atoms with Crippen LogP contribution in [0.5, 0.6) is 0 Å². The molecule has 0 radical (unpaired) electrons. The van der Waals surface area contributed by atoms with Crippen molar-refractivity contribution in [3.8, 4) is 0 Å². The lowest BCUT2D eigenvalue weighted by atomic mass is 10.0. The van der Waals surface area contributed by atoms with Gasteiger partial charge in [0.05, 0.1) is 0 Å². The summed E-state index contributed by atoms with van der Waals surface area (Å²) in [5.74, 6) is 0.768. The van der Waals surface area contributed by atoms with Crippen LogP contribution in [0.15, 0.2) is 0 Å². The molecule has 0 heterocycles. The zero-order valence-electron chi connectivity index (χ0n) is 11.0. The first kappa shape index (κ1) is 14.9. The number of hydrogen-bond acceptors (Lipinski definition) is 2. The second kappa shape index (κ2) is 10.4. The van der Waals surface area contributed by atoms with Gasteiger partial charge in [-0.15, -0.1) is 0 Å². The summed E-state index contributed by atoms with van der Waals surface area (Å²) >= 11 is 0. The Morgan fingerprint density at radius 3 is 2.40 bits per heavy atom. The Balaban J connectivity index is 3.47. The van der Waals surface area contributed by atoms with E-state index < -0.39 is 0 Å². The van der Waals surface area contributed by atoms with Crippen LogP contribution in [-0.4, -0.2) is 25.8 Å². The van der Waals surface area contributed by atoms with E-state index in [1.807, 2.05) is 0 Å². The molecular weight excluding hydrogens is 186 g/mol. The average Bonchev–Trinajstić information content (AvgIpc) is 2.17. The highest BCUT2D eigenvalue weighted by Gasteiger charge is 2.08. The van der Waals surface area contributed by atoms with Crippen molar-refractivity contribution in [2.24, 2.45) is 5.92 Å². The van der Waals surface area contributed by atoms with Crippen molar-refractivity contribution in [3.63, 3.8) is 0 Å². The van der Waals surface area contributed by atoms with Gasteiger partial charge in [0.1, 0.15) is 0 Å². The van der Waals surface area contributed by atoms with E-state index >= 15 is 0 Å². The minimum absolute atomic E-state index is 0.636. The molecule has 0 bridgehead atoms. The van der Waals surface area contributed by atoms with Gasteiger partial charge in [0.2, 0.25) is 0 Å². The lowest BCUT2D eigenvalue weighted by Gasteiger charge is -2.19. The van der Waals surface area contributed by atoms with Gasteiger partial charge in [0.25, 0.3) is 0 Å². The molecule has 0 rings (SSSR count). The molecule has 0 amide bonds. The maximum absolute atomic E-state index is 5.59. The minimum atomic E-state index is 0.636. The van der Waals surface area contributed by atoms with Crippen LogP contribution in [0.4, 0.5) is 0 Å². The Morgan fingerprint density at radius 2 is 1.87 bits per heavy atom. The van der Waals surface area contributed by atoms with E-state index in [1.165, 1.54) is 19.3 Å². The highest BCUT2D eigenvalue weighted by Crippen LogP contribution is 2.08. The van der Waals surface area contributed by atoms with Crippen LogP contribution in [0.2, 0.25) is 0 Å². The zero-order valence-corrected chi connectivity index (χ0v) is 11.0. The molecule has 0 saturated carbocycles. The van der Waals surface area contributed by atoms with Crippen molar-refractivity contribution in [1.29, 1.82) is 0 Å². The SMILES string of the molecule is CCCCOCCC(CC(C)C)NCC. The van der Waals surface area contributed by atoms with Crippen molar-refractivity contribution < 1.29 is 4.74 Å². The molecule has 2 heteroatoms. The molecule has 0 saturated heterocycles. The number of unbranched alkanes of at least 4 members (excludes halogenated alkanes) is 1. The Labute approximate surface area is 95.8 Å². The zero-order chi connectivity index (χ0) is 11.5. The Kier molecular flexibility index (Phi) is 10.4. The third kappa shape index (κ3) is 10.2. The molecule has 15 heavy (non-hydrogen) atoms. The van der Waals surface area contributed by atoms with Gasteiger partial charge in [0, 0.05) is 19.3 Å². The second-order valence-electron chi connectivity index (χ2n) is 4.64. The fraction of sp³-hybridized carbons (Fsp3) is 1.00. The average molecular weight is 215 g/mol. The fourth-order valence-corrected chi connectivity index (χ4v) is 1.74. The predicted octanol–water partition coefficient (Wildman–Crippen LogP) is 3.22. The molecule has 0 aromatic carbocycles. The fourth-order valence-electron chi connectivity index (χ4n) is 1.74. The maximum atomic E-state index is 5.59. The first-order valence-electron chi connectivity index (χ1n) is 6.51. The molecule has 2 nitrogen and oxygen atoms in total. The van der Waals surface area contributed by atoms with E-state index in [1.54, 1.807) is 0 Å². The number of hydrogen-bond donors (Lipinski definition) is 1. The van der Waals surface area contributed by atoms with Crippen LogP contribution < -0.4 is 5.32 Å². The molecule has 1 unspecified atom stereocenters. The van der Waals surface area contributed by atoms with E-state index in [2.05, 4.69) is 33.0 Å². The summed E-state index contributed by atoms with van der Waals surface area (Å²) in [4.78, 5) is 0. The van der Waals surface area contributed by atoms with Crippen molar-refractivity contribution >= 4 is 0 Å². The maximum Gasteiger partial charge on any atom is 0.0480 e. The second-order valence-corrected chi connectivity index (χ2v) is 4.64. The van der Waals surface area contributed by atoms with Crippen LogP contribution >= 0.6 is 0 Å². The highest BCUT2D eigenvalue weighted by atomic mass is 16.5. The standard InChI is InChI=1S/C13H29NO/c1-5-7-9-15-10-8-13(14-6-2)11-12(3)4/h12-14H,5-11H2,1-4H3. The lowest BCUT2D eigenvalue weighted by molar-refractivity contribution is 0.119. The Hall–Kier alpha value is -0.0800. The molecule has 1 atom stereocenters. The normalized spacial score (nSPS) is 13.4. The van der Waals surface area contributed by atoms with Crippen LogP contribution in [0, 0.1) is 5.92 Å². The van der Waals surface area contributed by atoms with Crippen LogP contribution in [0.3, 0.4) is 0 Å². The van der Waals surface area contributed by atoms with Gasteiger partial charge in [-0.1, -0.05) is 34.1 Å². The van der Waals surface area contributed by atoms with Crippen LogP contribution in [0.1, 0.15) is 53.4 Å². The minimum Gasteiger partial charge on any atom is -0.381 e. The van der Waals surface area contributed by atoms with Gasteiger partial charge in [0.15, 0.2) is 0 Å². The Morgan fingerprint density at radius 1 is 1.13 bits per heavy atom. The van der Waals surface area contributed by atoms with Gasteiger partial charge in [-0.05, 0) is 31.7 Å². The molecule has 0 spiro atoms. The highest BCUT2D eigenvalue weighted by molar-refractivity contribution is 4.67. The first-order valence-corrected chi connectivity index (χ1v) is 6.51. The quantitative estimate of drug-likeness (QED) is 0.565. The summed E-state index contributed by atoms with van der Waals surface area (Å²) in [6.45, 7) is 11.8. The largest absolute Gasteiger partial charge is 0.381 e. The van der Waals surface area contributed by atoms with Gasteiger partial charge in [-0.2, -0.15) is 0 Å². The van der Waals surface area contributed by atoms with E-state index in [0.29, 0.717) is 6.04 Å². The van der Waals surface area contributed by atoms with E-state index in [0.717, 1.165) is 32.1 Å². The van der Waals surface area contributed by atoms with Crippen LogP contribution in [-0.2, 0) is 4.74 Å². The van der Waals surface area contributed by atoms with Gasteiger partial charge < -0.3 is 10.1 Å². The molecule has 1 N–H and O–H groups in total. The third-order valence-electron chi connectivity index (χ3n) is 2.50. The third-order valence-corrected chi connectivity index (χ3v) is 2.50. The van der Waals surface area contributed by atoms with Gasteiger partial charge in [-0.25, -0.2) is 0 Å². The molecule has 0 aliphatic carbocycles. The lowest BCUT2D eigenvalue weighted by Crippen LogP contribution is -2.31. The Bertz CT molecular complexity index is 126. The van der Waals surface area contributed by atoms with Crippen molar-refractivity contribution in [2.45, 2.75) is 59.4 Å². The van der Waals surface area contributed by atoms with Crippen molar-refractivity contribution in [3.05, 3.63) is 0 Å². The molecule has 0 aromatic rings. The summed E-state index contributed by atoms with van der Waals surface area (Å²) in [6, 6.07) is 0.636. The van der Waals surface area contributed by atoms with E-state index in [-0.39, 0.29) is 0 Å². The van der Waals surface area contributed by atoms with Gasteiger partial charge >= 0.3 is 0 Å². The van der Waals surface area contributed by atoms with E-state index in [9.17, 15) is 0 Å². The summed E-state index contributed by atoms with van der Waals surface area (Å²) in [5.41, 5.74) is 0. The number of nitrogens with one attached hydrogen (secondary N) is 1. The summed E-state index contributed by atoms with van der Waals surface area (Å²) in [7, 11) is 0. The molecule has 0 fully saturated rings. The number of ether oxygens (including phenoxy) is 1. The smallest absolute Gasteiger partial charge is 0.0480 e. The molecule has 92 valence electrons. The summed E-state index contributed by atoms with van der Waals surface area (Å²) in [5, 5.41) is 3.52.